The van der Waals surface area contributed by atoms with Crippen molar-refractivity contribution in [2.24, 2.45) is 11.8 Å². The van der Waals surface area contributed by atoms with Gasteiger partial charge < -0.3 is 15.7 Å². The Balaban J connectivity index is 1.77. The Labute approximate surface area is 171 Å². The molecule has 0 saturated heterocycles. The molecule has 3 N–H and O–H groups in total. The summed E-state index contributed by atoms with van der Waals surface area (Å²) in [7, 11) is 0. The van der Waals surface area contributed by atoms with Crippen LogP contribution in [0.5, 0.6) is 0 Å². The van der Waals surface area contributed by atoms with Crippen LogP contribution < -0.4 is 10.6 Å². The summed E-state index contributed by atoms with van der Waals surface area (Å²) < 4.78 is 13.8. The van der Waals surface area contributed by atoms with Gasteiger partial charge in [-0.2, -0.15) is 0 Å². The van der Waals surface area contributed by atoms with Gasteiger partial charge in [0.2, 0.25) is 5.91 Å². The van der Waals surface area contributed by atoms with Gasteiger partial charge in [-0.3, -0.25) is 14.4 Å². The molecule has 3 rings (SSSR count). The molecule has 0 unspecified atom stereocenters. The highest BCUT2D eigenvalue weighted by atomic mass is 32.1. The van der Waals surface area contributed by atoms with Gasteiger partial charge >= 0.3 is 5.97 Å². The van der Waals surface area contributed by atoms with Crippen LogP contribution in [0.2, 0.25) is 0 Å². The van der Waals surface area contributed by atoms with Crippen LogP contribution in [0, 0.1) is 17.7 Å². The van der Waals surface area contributed by atoms with Gasteiger partial charge in [0.15, 0.2) is 0 Å². The number of halogens is 1. The molecule has 0 radical (unpaired) electrons. The lowest BCUT2D eigenvalue weighted by Gasteiger charge is -2.29. The Morgan fingerprint density at radius 1 is 1.03 bits per heavy atom. The van der Waals surface area contributed by atoms with E-state index in [2.05, 4.69) is 10.6 Å². The van der Waals surface area contributed by atoms with E-state index in [0.29, 0.717) is 17.8 Å². The van der Waals surface area contributed by atoms with Crippen molar-refractivity contribution in [2.75, 3.05) is 10.6 Å². The second kappa shape index (κ2) is 8.57. The predicted octanol–water partition coefficient (Wildman–Crippen LogP) is 4.53. The van der Waals surface area contributed by atoms with Gasteiger partial charge in [0.05, 0.1) is 23.1 Å². The number of hydrogen-bond acceptors (Lipinski definition) is 4. The van der Waals surface area contributed by atoms with Crippen LogP contribution in [0.3, 0.4) is 0 Å². The first-order chi connectivity index (χ1) is 13.8. The second-order valence-corrected chi connectivity index (χ2v) is 8.02. The Morgan fingerprint density at radius 3 is 2.34 bits per heavy atom. The molecule has 2 aromatic rings. The number of carboxylic acids is 1. The third-order valence-electron chi connectivity index (χ3n) is 5.19. The minimum Gasteiger partial charge on any atom is -0.481 e. The Morgan fingerprint density at radius 2 is 1.69 bits per heavy atom. The fourth-order valence-corrected chi connectivity index (χ4v) is 4.16. The van der Waals surface area contributed by atoms with Crippen molar-refractivity contribution in [3.8, 4) is 0 Å². The van der Waals surface area contributed by atoms with Crippen LogP contribution in [0.25, 0.3) is 0 Å². The number of carbonyl (C=O) groups is 3. The summed E-state index contributed by atoms with van der Waals surface area (Å²) in [5, 5.41) is 16.6. The van der Waals surface area contributed by atoms with E-state index in [0.717, 1.165) is 22.5 Å². The topological polar surface area (TPSA) is 95.5 Å². The molecule has 0 saturated carbocycles. The monoisotopic (exact) mass is 416 g/mol. The second-order valence-electron chi connectivity index (χ2n) is 7.11. The number of anilines is 2. The SMILES string of the molecule is CC1=C(C)C[C@@H](C(=O)Nc2sccc2C(=O)Nc2ccccc2F)[C@@H](C(=O)O)C1. The van der Waals surface area contributed by atoms with Crippen molar-refractivity contribution in [3.63, 3.8) is 0 Å². The summed E-state index contributed by atoms with van der Waals surface area (Å²) in [5.41, 5.74) is 2.22. The number of para-hydroxylation sites is 1. The number of carboxylic acid groups (broad SMARTS) is 1. The van der Waals surface area contributed by atoms with E-state index in [1.807, 2.05) is 13.8 Å². The average molecular weight is 416 g/mol. The molecular weight excluding hydrogens is 395 g/mol. The molecular formula is C21H21FN2O4S. The highest BCUT2D eigenvalue weighted by molar-refractivity contribution is 7.14. The minimum absolute atomic E-state index is 0.0374. The first kappa shape index (κ1) is 20.7. The number of carbonyl (C=O) groups excluding carboxylic acids is 2. The van der Waals surface area contributed by atoms with E-state index < -0.39 is 35.4 Å². The molecule has 0 bridgehead atoms. The summed E-state index contributed by atoms with van der Waals surface area (Å²) in [5.74, 6) is -4.11. The van der Waals surface area contributed by atoms with E-state index >= 15 is 0 Å². The van der Waals surface area contributed by atoms with Crippen molar-refractivity contribution >= 4 is 39.8 Å². The molecule has 152 valence electrons. The summed E-state index contributed by atoms with van der Waals surface area (Å²) in [6.07, 6.45) is 0.682. The zero-order chi connectivity index (χ0) is 21.1. The molecule has 0 fully saturated rings. The highest BCUT2D eigenvalue weighted by Crippen LogP contribution is 2.36. The van der Waals surface area contributed by atoms with Gasteiger partial charge in [0, 0.05) is 0 Å². The van der Waals surface area contributed by atoms with Gasteiger partial charge in [0.25, 0.3) is 5.91 Å². The lowest BCUT2D eigenvalue weighted by Crippen LogP contribution is -2.36. The molecule has 1 aromatic carbocycles. The fraction of sp³-hybridized carbons (Fsp3) is 0.286. The maximum Gasteiger partial charge on any atom is 0.307 e. The lowest BCUT2D eigenvalue weighted by molar-refractivity contribution is -0.146. The molecule has 1 aromatic heterocycles. The van der Waals surface area contributed by atoms with Crippen LogP contribution in [0.15, 0.2) is 46.9 Å². The largest absolute Gasteiger partial charge is 0.481 e. The van der Waals surface area contributed by atoms with Gasteiger partial charge in [-0.25, -0.2) is 4.39 Å². The zero-order valence-corrected chi connectivity index (χ0v) is 16.8. The van der Waals surface area contributed by atoms with Crippen molar-refractivity contribution in [1.29, 1.82) is 0 Å². The zero-order valence-electron chi connectivity index (χ0n) is 16.0. The Hall–Kier alpha value is -3.00. The number of nitrogens with one attached hydrogen (secondary N) is 2. The molecule has 0 aliphatic heterocycles. The molecule has 2 amide bonds. The van der Waals surface area contributed by atoms with E-state index in [-0.39, 0.29) is 11.3 Å². The summed E-state index contributed by atoms with van der Waals surface area (Å²) >= 11 is 1.15. The third-order valence-corrected chi connectivity index (χ3v) is 6.02. The number of benzene rings is 1. The summed E-state index contributed by atoms with van der Waals surface area (Å²) in [6.45, 7) is 3.77. The van der Waals surface area contributed by atoms with Crippen molar-refractivity contribution in [3.05, 3.63) is 58.2 Å². The summed E-state index contributed by atoms with van der Waals surface area (Å²) in [6, 6.07) is 7.32. The predicted molar refractivity (Wildman–Crippen MR) is 110 cm³/mol. The highest BCUT2D eigenvalue weighted by Gasteiger charge is 2.37. The molecule has 2 atom stereocenters. The van der Waals surface area contributed by atoms with Crippen molar-refractivity contribution in [1.82, 2.24) is 0 Å². The first-order valence-corrected chi connectivity index (χ1v) is 9.98. The number of hydrogen-bond donors (Lipinski definition) is 3. The van der Waals surface area contributed by atoms with Crippen LogP contribution in [-0.2, 0) is 9.59 Å². The molecule has 6 nitrogen and oxygen atoms in total. The Bertz CT molecular complexity index is 998. The summed E-state index contributed by atoms with van der Waals surface area (Å²) in [4.78, 5) is 37.0. The van der Waals surface area contributed by atoms with Gasteiger partial charge in [-0.15, -0.1) is 11.3 Å². The minimum atomic E-state index is -1.01. The van der Waals surface area contributed by atoms with Crippen LogP contribution >= 0.6 is 11.3 Å². The molecule has 1 aliphatic carbocycles. The normalized spacial score (nSPS) is 19.0. The third kappa shape index (κ3) is 4.54. The van der Waals surface area contributed by atoms with Crippen LogP contribution in [-0.4, -0.2) is 22.9 Å². The van der Waals surface area contributed by atoms with Gasteiger partial charge in [0.1, 0.15) is 10.8 Å². The van der Waals surface area contributed by atoms with E-state index in [1.165, 1.54) is 24.3 Å². The molecule has 29 heavy (non-hydrogen) atoms. The van der Waals surface area contributed by atoms with E-state index in [9.17, 15) is 23.9 Å². The number of thiophene rings is 1. The smallest absolute Gasteiger partial charge is 0.307 e. The van der Waals surface area contributed by atoms with Crippen molar-refractivity contribution in [2.45, 2.75) is 26.7 Å². The van der Waals surface area contributed by atoms with E-state index in [1.54, 1.807) is 11.4 Å². The fourth-order valence-electron chi connectivity index (χ4n) is 3.37. The lowest BCUT2D eigenvalue weighted by atomic mass is 9.76. The number of rotatable bonds is 5. The van der Waals surface area contributed by atoms with Gasteiger partial charge in [-0.05, 0) is 50.3 Å². The maximum absolute atomic E-state index is 13.8. The average Bonchev–Trinajstić information content (AvgIpc) is 3.13. The number of allylic oxidation sites excluding steroid dienone is 2. The molecule has 1 aliphatic rings. The molecule has 8 heteroatoms. The van der Waals surface area contributed by atoms with Crippen LogP contribution in [0.1, 0.15) is 37.0 Å². The number of aliphatic carboxylic acids is 1. The Kier molecular flexibility index (Phi) is 6.12. The van der Waals surface area contributed by atoms with Gasteiger partial charge in [-0.1, -0.05) is 23.3 Å². The number of amides is 2. The first-order valence-electron chi connectivity index (χ1n) is 9.10. The molecule has 0 spiro atoms. The quantitative estimate of drug-likeness (QED) is 0.624. The standard InChI is InChI=1S/C21H21FN2O4S/c1-11-9-14(15(21(27)28)10-12(11)2)19(26)24-20-13(7-8-29-20)18(25)23-17-6-4-3-5-16(17)22/h3-8,14-15H,9-10H2,1-2H3,(H,23,25)(H,24,26)(H,27,28)/t14-,15+/m1/s1. The molecule has 1 heterocycles. The maximum atomic E-state index is 13.8. The van der Waals surface area contributed by atoms with E-state index in [4.69, 9.17) is 0 Å². The van der Waals surface area contributed by atoms with Crippen LogP contribution in [0.4, 0.5) is 15.1 Å². The van der Waals surface area contributed by atoms with Crippen molar-refractivity contribution < 1.29 is 23.9 Å².